The predicted octanol–water partition coefficient (Wildman–Crippen LogP) is 1.82. The number of benzene rings is 2. The van der Waals surface area contributed by atoms with Gasteiger partial charge in [-0.3, -0.25) is 0 Å². The molecule has 124 valence electrons. The van der Waals surface area contributed by atoms with Gasteiger partial charge in [-0.25, -0.2) is 4.79 Å². The second-order valence-electron chi connectivity index (χ2n) is 6.04. The molecule has 0 saturated carbocycles. The molecule has 3 aromatic rings. The van der Waals surface area contributed by atoms with Crippen LogP contribution in [-0.4, -0.2) is 26.3 Å². The summed E-state index contributed by atoms with van der Waals surface area (Å²) in [5.41, 5.74) is 1.91. The smallest absolute Gasteiger partial charge is 0.344 e. The van der Waals surface area contributed by atoms with Crippen molar-refractivity contribution in [3.63, 3.8) is 0 Å². The number of nitrogens with one attached hydrogen (secondary N) is 1. The number of phenols is 1. The van der Waals surface area contributed by atoms with Crippen molar-refractivity contribution in [1.82, 2.24) is 0 Å². The molecule has 0 saturated heterocycles. The number of quaternary nitrogens is 1. The first-order valence-corrected chi connectivity index (χ1v) is 7.71. The average Bonchev–Trinajstić information content (AvgIpc) is 2.57. The van der Waals surface area contributed by atoms with Crippen LogP contribution in [-0.2, 0) is 6.54 Å². The Kier molecular flexibility index (Phi) is 4.27. The number of rotatable bonds is 4. The van der Waals surface area contributed by atoms with Gasteiger partial charge in [-0.15, -0.1) is 0 Å². The first-order chi connectivity index (χ1) is 11.5. The third-order valence-electron chi connectivity index (χ3n) is 3.91. The van der Waals surface area contributed by atoms with Gasteiger partial charge in [0.1, 0.15) is 18.0 Å². The molecule has 1 aromatic heterocycles. The Morgan fingerprint density at radius 2 is 1.83 bits per heavy atom. The summed E-state index contributed by atoms with van der Waals surface area (Å²) < 4.78 is 10.7. The van der Waals surface area contributed by atoms with Crippen LogP contribution in [0, 0.1) is 0 Å². The van der Waals surface area contributed by atoms with E-state index in [0.717, 1.165) is 21.6 Å². The first kappa shape index (κ1) is 16.1. The molecule has 1 heterocycles. The third kappa shape index (κ3) is 2.98. The van der Waals surface area contributed by atoms with Crippen molar-refractivity contribution in [2.24, 2.45) is 0 Å². The molecule has 24 heavy (non-hydrogen) atoms. The Morgan fingerprint density at radius 3 is 2.46 bits per heavy atom. The molecule has 0 aliphatic rings. The number of fused-ring (bicyclic) bond motifs is 1. The van der Waals surface area contributed by atoms with E-state index in [1.807, 2.05) is 26.2 Å². The molecule has 0 atom stereocenters. The fourth-order valence-electron chi connectivity index (χ4n) is 2.73. The highest BCUT2D eigenvalue weighted by molar-refractivity contribution is 5.85. The predicted molar refractivity (Wildman–Crippen MR) is 92.7 cm³/mol. The van der Waals surface area contributed by atoms with Crippen LogP contribution in [0.5, 0.6) is 11.5 Å². The quantitative estimate of drug-likeness (QED) is 0.718. The summed E-state index contributed by atoms with van der Waals surface area (Å²) >= 11 is 0. The molecule has 0 radical (unpaired) electrons. The Balaban J connectivity index is 2.17. The van der Waals surface area contributed by atoms with E-state index in [-0.39, 0.29) is 5.75 Å². The fourth-order valence-corrected chi connectivity index (χ4v) is 2.73. The van der Waals surface area contributed by atoms with Crippen LogP contribution in [0.25, 0.3) is 22.1 Å². The van der Waals surface area contributed by atoms with Crippen LogP contribution >= 0.6 is 0 Å². The van der Waals surface area contributed by atoms with Gasteiger partial charge in [-0.05, 0) is 35.9 Å². The molecule has 0 fully saturated rings. The lowest BCUT2D eigenvalue weighted by molar-refractivity contribution is -0.872. The molecule has 2 N–H and O–H groups in total. The number of hydrogen-bond acceptors (Lipinski definition) is 4. The van der Waals surface area contributed by atoms with Crippen molar-refractivity contribution in [2.75, 3.05) is 21.2 Å². The molecule has 0 unspecified atom stereocenters. The van der Waals surface area contributed by atoms with Crippen LogP contribution in [0.1, 0.15) is 5.56 Å². The summed E-state index contributed by atoms with van der Waals surface area (Å²) in [5, 5.41) is 10.9. The van der Waals surface area contributed by atoms with Gasteiger partial charge in [-0.2, -0.15) is 0 Å². The van der Waals surface area contributed by atoms with Crippen molar-refractivity contribution in [3.05, 3.63) is 58.4 Å². The van der Waals surface area contributed by atoms with Gasteiger partial charge >= 0.3 is 5.63 Å². The Morgan fingerprint density at radius 1 is 1.12 bits per heavy atom. The summed E-state index contributed by atoms with van der Waals surface area (Å²) in [7, 11) is 5.55. The number of phenolic OH excluding ortho intramolecular Hbond substituents is 1. The van der Waals surface area contributed by atoms with Gasteiger partial charge < -0.3 is 19.2 Å². The van der Waals surface area contributed by atoms with Crippen LogP contribution in [0.15, 0.2) is 51.7 Å². The molecule has 5 nitrogen and oxygen atoms in total. The fraction of sp³-hybridized carbons (Fsp3) is 0.211. The minimum atomic E-state index is -0.423. The Bertz CT molecular complexity index is 926. The molecule has 0 aliphatic heterocycles. The lowest BCUT2D eigenvalue weighted by Crippen LogP contribution is -3.04. The number of aromatic hydroxyl groups is 1. The zero-order valence-electron chi connectivity index (χ0n) is 13.9. The SMILES string of the molecule is COc1ccc(-c2cc3ccc(O)c(C[NH+](C)C)c3oc2=O)cc1. The van der Waals surface area contributed by atoms with Crippen molar-refractivity contribution < 1.29 is 19.2 Å². The zero-order valence-corrected chi connectivity index (χ0v) is 13.9. The van der Waals surface area contributed by atoms with Gasteiger partial charge in [-0.1, -0.05) is 12.1 Å². The molecule has 5 heteroatoms. The van der Waals surface area contributed by atoms with Gasteiger partial charge in [0.25, 0.3) is 0 Å². The normalized spacial score (nSPS) is 11.2. The highest BCUT2D eigenvalue weighted by Crippen LogP contribution is 2.29. The van der Waals surface area contributed by atoms with E-state index in [9.17, 15) is 9.90 Å². The first-order valence-electron chi connectivity index (χ1n) is 7.71. The minimum absolute atomic E-state index is 0.143. The summed E-state index contributed by atoms with van der Waals surface area (Å²) in [4.78, 5) is 13.6. The lowest BCUT2D eigenvalue weighted by Gasteiger charge is -2.11. The Labute approximate surface area is 139 Å². The van der Waals surface area contributed by atoms with Crippen molar-refractivity contribution in [2.45, 2.75) is 6.54 Å². The van der Waals surface area contributed by atoms with E-state index in [4.69, 9.17) is 9.15 Å². The molecular weight excluding hydrogens is 306 g/mol. The second-order valence-corrected chi connectivity index (χ2v) is 6.04. The van der Waals surface area contributed by atoms with Crippen LogP contribution in [0.4, 0.5) is 0 Å². The van der Waals surface area contributed by atoms with Gasteiger partial charge in [0, 0.05) is 5.39 Å². The Hall–Kier alpha value is -2.79. The van der Waals surface area contributed by atoms with Crippen molar-refractivity contribution >= 4 is 11.0 Å². The van der Waals surface area contributed by atoms with E-state index in [0.29, 0.717) is 23.3 Å². The molecule has 0 bridgehead atoms. The second kappa shape index (κ2) is 6.37. The average molecular weight is 326 g/mol. The van der Waals surface area contributed by atoms with E-state index in [1.165, 1.54) is 0 Å². The monoisotopic (exact) mass is 326 g/mol. The van der Waals surface area contributed by atoms with E-state index < -0.39 is 5.63 Å². The molecule has 0 amide bonds. The summed E-state index contributed by atoms with van der Waals surface area (Å²) in [6, 6.07) is 12.4. The van der Waals surface area contributed by atoms with E-state index >= 15 is 0 Å². The number of hydrogen-bond donors (Lipinski definition) is 2. The highest BCUT2D eigenvalue weighted by atomic mass is 16.5. The highest BCUT2D eigenvalue weighted by Gasteiger charge is 2.15. The van der Waals surface area contributed by atoms with Gasteiger partial charge in [0.2, 0.25) is 0 Å². The third-order valence-corrected chi connectivity index (χ3v) is 3.91. The van der Waals surface area contributed by atoms with Crippen molar-refractivity contribution in [1.29, 1.82) is 0 Å². The summed E-state index contributed by atoms with van der Waals surface area (Å²) in [5.74, 6) is 0.870. The van der Waals surface area contributed by atoms with Crippen LogP contribution < -0.4 is 15.3 Å². The van der Waals surface area contributed by atoms with Crippen LogP contribution in [0.2, 0.25) is 0 Å². The van der Waals surface area contributed by atoms with Gasteiger partial charge in [0.05, 0.1) is 32.3 Å². The summed E-state index contributed by atoms with van der Waals surface area (Å²) in [6.45, 7) is 0.563. The lowest BCUT2D eigenvalue weighted by atomic mass is 10.0. The maximum atomic E-state index is 12.5. The molecular formula is C19H20NO4+. The number of ether oxygens (including phenoxy) is 1. The van der Waals surface area contributed by atoms with Gasteiger partial charge in [0.15, 0.2) is 5.58 Å². The van der Waals surface area contributed by atoms with E-state index in [2.05, 4.69) is 0 Å². The maximum Gasteiger partial charge on any atom is 0.344 e. The van der Waals surface area contributed by atoms with Crippen LogP contribution in [0.3, 0.4) is 0 Å². The minimum Gasteiger partial charge on any atom is -0.507 e. The molecule has 3 rings (SSSR count). The van der Waals surface area contributed by atoms with Crippen molar-refractivity contribution in [3.8, 4) is 22.6 Å². The van der Waals surface area contributed by atoms with E-state index in [1.54, 1.807) is 37.4 Å². The number of methoxy groups -OCH3 is 1. The summed E-state index contributed by atoms with van der Waals surface area (Å²) in [6.07, 6.45) is 0. The molecule has 2 aromatic carbocycles. The molecule has 0 aliphatic carbocycles. The maximum absolute atomic E-state index is 12.5. The topological polar surface area (TPSA) is 64.1 Å². The largest absolute Gasteiger partial charge is 0.507 e. The molecule has 0 spiro atoms. The standard InChI is InChI=1S/C19H19NO4/c1-20(2)11-16-17(21)9-6-13-10-15(19(22)24-18(13)16)12-4-7-14(23-3)8-5-12/h4-10,21H,11H2,1-3H3/p+1. The zero-order chi connectivity index (χ0) is 17.3.